The third-order valence-electron chi connectivity index (χ3n) is 6.85. The van der Waals surface area contributed by atoms with E-state index in [2.05, 4.69) is 0 Å². The number of pyridine rings is 1. The van der Waals surface area contributed by atoms with Crippen molar-refractivity contribution in [2.45, 2.75) is 47.5 Å². The molecule has 41 heavy (non-hydrogen) atoms. The first-order chi connectivity index (χ1) is 19.4. The van der Waals surface area contributed by atoms with E-state index >= 15 is 0 Å². The highest BCUT2D eigenvalue weighted by molar-refractivity contribution is 7.99. The van der Waals surface area contributed by atoms with Crippen molar-refractivity contribution in [2.24, 2.45) is 0 Å². The second-order valence-corrected chi connectivity index (χ2v) is 11.8. The molecule has 2 aliphatic heterocycles. The summed E-state index contributed by atoms with van der Waals surface area (Å²) in [6.45, 7) is 0.154. The zero-order valence-electron chi connectivity index (χ0n) is 20.9. The topological polar surface area (TPSA) is 117 Å². The number of amides is 2. The fourth-order valence-corrected chi connectivity index (χ4v) is 6.62. The number of fused-ring (bicyclic) bond motifs is 1. The molecule has 2 N–H and O–H groups in total. The minimum absolute atomic E-state index is 0.0675. The monoisotopic (exact) mass is 638 g/mol. The summed E-state index contributed by atoms with van der Waals surface area (Å²) in [5.41, 5.74) is -1.55. The van der Waals surface area contributed by atoms with E-state index in [1.807, 2.05) is 11.1 Å². The maximum atomic E-state index is 14.0. The van der Waals surface area contributed by atoms with E-state index in [1.165, 1.54) is 21.9 Å². The van der Waals surface area contributed by atoms with E-state index in [1.54, 1.807) is 12.1 Å². The van der Waals surface area contributed by atoms with Crippen LogP contribution in [-0.2, 0) is 23.3 Å². The number of phenols is 1. The lowest BCUT2D eigenvalue weighted by molar-refractivity contribution is -0.119. The van der Waals surface area contributed by atoms with Gasteiger partial charge in [-0.05, 0) is 59.8 Å². The molecule has 0 radical (unpaired) electrons. The Morgan fingerprint density at radius 2 is 1.85 bits per heavy atom. The number of nitrogens with zero attached hydrogens (tertiary/aromatic N) is 3. The van der Waals surface area contributed by atoms with Crippen LogP contribution in [0.5, 0.6) is 5.75 Å². The number of H-pyrrole nitrogens is 1. The Morgan fingerprint density at radius 1 is 1.15 bits per heavy atom. The van der Waals surface area contributed by atoms with Crippen LogP contribution in [0.25, 0.3) is 0 Å². The van der Waals surface area contributed by atoms with Gasteiger partial charge in [-0.25, -0.2) is 0 Å². The van der Waals surface area contributed by atoms with Gasteiger partial charge < -0.3 is 19.9 Å². The second kappa shape index (κ2) is 11.2. The van der Waals surface area contributed by atoms with Crippen LogP contribution in [0.1, 0.15) is 52.0 Å². The number of piperidine rings is 1. The minimum atomic E-state index is -3.94. The lowest BCUT2D eigenvalue weighted by Gasteiger charge is -2.28. The third-order valence-corrected chi connectivity index (χ3v) is 9.09. The maximum Gasteiger partial charge on any atom is 0.362 e. The highest BCUT2D eigenvalue weighted by Gasteiger charge is 2.36. The number of nitriles is 1. The summed E-state index contributed by atoms with van der Waals surface area (Å²) < 4.78 is 28.0. The number of hydrogen-bond donors (Lipinski definition) is 2. The SMILES string of the molecule is N#Cc1c(O)c(N2CCCCC2=O)cc2c1CN(C(=O)c1c(Sc3c(Cl)cccc3Cl)cc(C(F)(F)Cl)[nH]c1=O)C2. The van der Waals surface area contributed by atoms with Crippen LogP contribution in [0.4, 0.5) is 14.5 Å². The average molecular weight is 640 g/mol. The number of aromatic nitrogens is 1. The van der Waals surface area contributed by atoms with Crippen LogP contribution in [0.15, 0.2) is 44.9 Å². The molecule has 0 aliphatic carbocycles. The largest absolute Gasteiger partial charge is 0.504 e. The normalized spacial score (nSPS) is 15.2. The molecule has 1 fully saturated rings. The molecular formula is C27H19Cl3F2N4O4S. The number of alkyl halides is 3. The first-order valence-electron chi connectivity index (χ1n) is 12.2. The molecule has 0 saturated carbocycles. The summed E-state index contributed by atoms with van der Waals surface area (Å²) in [5, 5.41) is 17.1. The average Bonchev–Trinajstić information content (AvgIpc) is 3.34. The first kappa shape index (κ1) is 29.2. The zero-order valence-corrected chi connectivity index (χ0v) is 24.0. The van der Waals surface area contributed by atoms with E-state index in [9.17, 15) is 33.5 Å². The van der Waals surface area contributed by atoms with E-state index in [0.717, 1.165) is 30.7 Å². The van der Waals surface area contributed by atoms with Gasteiger partial charge in [-0.15, -0.1) is 0 Å². The Balaban J connectivity index is 1.56. The van der Waals surface area contributed by atoms with Gasteiger partial charge in [-0.1, -0.05) is 41.0 Å². The van der Waals surface area contributed by atoms with Crippen molar-refractivity contribution in [1.82, 2.24) is 9.88 Å². The minimum Gasteiger partial charge on any atom is -0.504 e. The van der Waals surface area contributed by atoms with Crippen LogP contribution in [0, 0.1) is 11.3 Å². The Hall–Kier alpha value is -3.30. The zero-order chi connectivity index (χ0) is 29.6. The Labute approximate surface area is 251 Å². The number of phenolic OH excluding ortho intramolecular Hbond substituents is 1. The highest BCUT2D eigenvalue weighted by Crippen LogP contribution is 2.43. The summed E-state index contributed by atoms with van der Waals surface area (Å²) in [6.07, 6.45) is 1.75. The van der Waals surface area contributed by atoms with Gasteiger partial charge in [0.15, 0.2) is 5.75 Å². The number of aromatic amines is 1. The van der Waals surface area contributed by atoms with Gasteiger partial charge in [0.1, 0.15) is 22.9 Å². The molecule has 0 bridgehead atoms. The summed E-state index contributed by atoms with van der Waals surface area (Å²) in [6, 6.07) is 9.01. The number of carbonyl (C=O) groups excluding carboxylic acids is 2. The number of aromatic hydroxyl groups is 1. The van der Waals surface area contributed by atoms with Crippen molar-refractivity contribution < 1.29 is 23.5 Å². The fraction of sp³-hybridized carbons (Fsp3) is 0.259. The number of hydrogen-bond acceptors (Lipinski definition) is 6. The molecule has 2 aromatic carbocycles. The molecule has 1 saturated heterocycles. The van der Waals surface area contributed by atoms with Crippen LogP contribution < -0.4 is 10.5 Å². The van der Waals surface area contributed by atoms with Gasteiger partial charge in [0.05, 0.1) is 15.7 Å². The van der Waals surface area contributed by atoms with E-state index in [-0.39, 0.29) is 55.8 Å². The van der Waals surface area contributed by atoms with E-state index in [0.29, 0.717) is 24.1 Å². The van der Waals surface area contributed by atoms with Crippen molar-refractivity contribution in [3.8, 4) is 11.8 Å². The van der Waals surface area contributed by atoms with E-state index < -0.39 is 28.1 Å². The molecule has 0 spiro atoms. The Kier molecular flexibility index (Phi) is 7.96. The molecular weight excluding hydrogens is 621 g/mol. The molecule has 3 heterocycles. The molecule has 8 nitrogen and oxygen atoms in total. The van der Waals surface area contributed by atoms with Crippen LogP contribution in [0.2, 0.25) is 10.0 Å². The number of rotatable bonds is 5. The van der Waals surface area contributed by atoms with Gasteiger partial charge in [-0.2, -0.15) is 14.0 Å². The standard InChI is InChI=1S/C27H19Cl3F2N4O4S/c28-16-4-3-5-17(29)24(16)41-19-9-20(27(30,31)32)34-25(39)22(19)26(40)35-11-13-8-18(36-7-2-1-6-21(36)37)23(38)14(10-33)15(13)12-35/h3-5,8-9,38H,1-2,6-7,11-12H2,(H,34,39). The molecule has 0 atom stereocenters. The number of carbonyl (C=O) groups is 2. The van der Waals surface area contributed by atoms with Crippen molar-refractivity contribution in [3.63, 3.8) is 0 Å². The lowest BCUT2D eigenvalue weighted by Crippen LogP contribution is -2.35. The summed E-state index contributed by atoms with van der Waals surface area (Å²) >= 11 is 18.5. The van der Waals surface area contributed by atoms with Gasteiger partial charge in [0, 0.05) is 35.8 Å². The number of nitrogens with one attached hydrogen (secondary N) is 1. The molecule has 2 aliphatic rings. The summed E-state index contributed by atoms with van der Waals surface area (Å²) in [4.78, 5) is 44.1. The Bertz CT molecular complexity index is 1680. The van der Waals surface area contributed by atoms with Crippen molar-refractivity contribution >= 4 is 64.1 Å². The smallest absolute Gasteiger partial charge is 0.362 e. The number of benzene rings is 2. The summed E-state index contributed by atoms with van der Waals surface area (Å²) in [5.74, 6) is -1.38. The molecule has 0 unspecified atom stereocenters. The van der Waals surface area contributed by atoms with Gasteiger partial charge in [0.25, 0.3) is 11.5 Å². The van der Waals surface area contributed by atoms with Crippen molar-refractivity contribution in [3.05, 3.63) is 78.7 Å². The molecule has 14 heteroatoms. The van der Waals surface area contributed by atoms with Gasteiger partial charge in [-0.3, -0.25) is 14.4 Å². The molecule has 212 valence electrons. The number of halogens is 5. The van der Waals surface area contributed by atoms with Crippen molar-refractivity contribution in [2.75, 3.05) is 11.4 Å². The molecule has 3 aromatic rings. The number of anilines is 1. The first-order valence-corrected chi connectivity index (χ1v) is 14.2. The van der Waals surface area contributed by atoms with Crippen LogP contribution in [-0.4, -0.2) is 33.3 Å². The maximum absolute atomic E-state index is 14.0. The predicted molar refractivity (Wildman–Crippen MR) is 150 cm³/mol. The Morgan fingerprint density at radius 3 is 2.49 bits per heavy atom. The highest BCUT2D eigenvalue weighted by atomic mass is 35.5. The molecule has 1 aromatic heterocycles. The molecule has 5 rings (SSSR count). The van der Waals surface area contributed by atoms with Crippen LogP contribution >= 0.6 is 46.6 Å². The fourth-order valence-electron chi connectivity index (χ4n) is 4.88. The summed E-state index contributed by atoms with van der Waals surface area (Å²) in [7, 11) is 0. The predicted octanol–water partition coefficient (Wildman–Crippen LogP) is 6.37. The third kappa shape index (κ3) is 5.49. The molecule has 2 amide bonds. The second-order valence-electron chi connectivity index (χ2n) is 9.43. The van der Waals surface area contributed by atoms with Crippen LogP contribution in [0.3, 0.4) is 0 Å². The van der Waals surface area contributed by atoms with Gasteiger partial charge in [0.2, 0.25) is 5.91 Å². The van der Waals surface area contributed by atoms with E-state index in [4.69, 9.17) is 34.8 Å². The van der Waals surface area contributed by atoms with Gasteiger partial charge >= 0.3 is 5.38 Å². The lowest BCUT2D eigenvalue weighted by atomic mass is 10.00. The van der Waals surface area contributed by atoms with Crippen molar-refractivity contribution in [1.29, 1.82) is 5.26 Å². The quantitative estimate of drug-likeness (QED) is 0.313.